The molecule has 4 N–H and O–H groups in total. The summed E-state index contributed by atoms with van der Waals surface area (Å²) >= 11 is 0. The molecule has 7 nitrogen and oxygen atoms in total. The van der Waals surface area contributed by atoms with Crippen LogP contribution in [-0.2, 0) is 9.84 Å². The number of pyridine rings is 1. The van der Waals surface area contributed by atoms with E-state index in [1.54, 1.807) is 13.0 Å². The number of hydrogen-bond donors (Lipinski definition) is 3. The lowest BCUT2D eigenvalue weighted by Crippen LogP contribution is -2.30. The Labute approximate surface area is 106 Å². The number of rotatable bonds is 6. The second-order valence-electron chi connectivity index (χ2n) is 3.56. The lowest BCUT2D eigenvalue weighted by molar-refractivity contribution is 0.0956. The van der Waals surface area contributed by atoms with Crippen molar-refractivity contribution in [1.82, 2.24) is 10.3 Å². The Kier molecular flexibility index (Phi) is 5.05. The Bertz CT molecular complexity index is 516. The number of hydrogen-bond acceptors (Lipinski definition) is 6. The zero-order chi connectivity index (χ0) is 13.6. The minimum Gasteiger partial charge on any atom is -0.351 e. The fourth-order valence-corrected chi connectivity index (χ4v) is 1.96. The fourth-order valence-electron chi connectivity index (χ4n) is 1.26. The molecular formula is C10H16N4O3S. The van der Waals surface area contributed by atoms with Crippen molar-refractivity contribution in [2.75, 3.05) is 23.5 Å². The van der Waals surface area contributed by atoms with Gasteiger partial charge in [-0.25, -0.2) is 8.42 Å². The Balaban J connectivity index is 2.61. The molecular weight excluding hydrogens is 256 g/mol. The van der Waals surface area contributed by atoms with Crippen LogP contribution in [0.25, 0.3) is 0 Å². The van der Waals surface area contributed by atoms with Crippen molar-refractivity contribution < 1.29 is 13.2 Å². The molecule has 0 fully saturated rings. The van der Waals surface area contributed by atoms with Gasteiger partial charge in [-0.1, -0.05) is 6.92 Å². The lowest BCUT2D eigenvalue weighted by Gasteiger charge is -2.08. The summed E-state index contributed by atoms with van der Waals surface area (Å²) < 4.78 is 22.5. The maximum absolute atomic E-state index is 11.8. The molecule has 8 heteroatoms. The molecule has 0 bridgehead atoms. The highest BCUT2D eigenvalue weighted by Gasteiger charge is 2.12. The first-order chi connectivity index (χ1) is 8.50. The van der Waals surface area contributed by atoms with Crippen LogP contribution in [-0.4, -0.2) is 37.4 Å². The van der Waals surface area contributed by atoms with Gasteiger partial charge in [0.2, 0.25) is 0 Å². The number of nitrogens with one attached hydrogen (secondary N) is 2. The number of hydrazine groups is 1. The van der Waals surface area contributed by atoms with E-state index in [4.69, 9.17) is 5.84 Å². The number of sulfone groups is 1. The number of nitrogen functional groups attached to an aromatic ring is 1. The molecule has 0 aliphatic carbocycles. The summed E-state index contributed by atoms with van der Waals surface area (Å²) in [7, 11) is -3.08. The van der Waals surface area contributed by atoms with Gasteiger partial charge in [-0.15, -0.1) is 0 Å². The molecule has 0 unspecified atom stereocenters. The molecule has 1 rings (SSSR count). The molecule has 0 radical (unpaired) electrons. The third kappa shape index (κ3) is 3.97. The fraction of sp³-hybridized carbons (Fsp3) is 0.400. The average molecular weight is 272 g/mol. The van der Waals surface area contributed by atoms with Gasteiger partial charge in [-0.2, -0.15) is 0 Å². The summed E-state index contributed by atoms with van der Waals surface area (Å²) in [5.74, 6) is 4.82. The van der Waals surface area contributed by atoms with Gasteiger partial charge >= 0.3 is 0 Å². The molecule has 0 aliphatic rings. The van der Waals surface area contributed by atoms with Gasteiger partial charge in [0.25, 0.3) is 5.91 Å². The maximum Gasteiger partial charge on any atom is 0.255 e. The number of anilines is 1. The normalized spacial score (nSPS) is 11.0. The summed E-state index contributed by atoms with van der Waals surface area (Å²) in [6, 6.07) is 1.55. The predicted molar refractivity (Wildman–Crippen MR) is 68.7 cm³/mol. The molecule has 0 atom stereocenters. The van der Waals surface area contributed by atoms with E-state index in [2.05, 4.69) is 15.7 Å². The van der Waals surface area contributed by atoms with Gasteiger partial charge in [0.05, 0.1) is 17.0 Å². The zero-order valence-electron chi connectivity index (χ0n) is 10.0. The molecule has 0 saturated heterocycles. The topological polar surface area (TPSA) is 114 Å². The van der Waals surface area contributed by atoms with Crippen LogP contribution >= 0.6 is 0 Å². The monoisotopic (exact) mass is 272 g/mol. The van der Waals surface area contributed by atoms with Crippen molar-refractivity contribution in [2.24, 2.45) is 5.84 Å². The van der Waals surface area contributed by atoms with Gasteiger partial charge in [0.1, 0.15) is 0 Å². The van der Waals surface area contributed by atoms with E-state index >= 15 is 0 Å². The second-order valence-corrected chi connectivity index (χ2v) is 6.03. The van der Waals surface area contributed by atoms with Crippen LogP contribution < -0.4 is 16.6 Å². The highest BCUT2D eigenvalue weighted by Crippen LogP contribution is 2.11. The molecule has 0 spiro atoms. The van der Waals surface area contributed by atoms with E-state index in [1.165, 1.54) is 12.4 Å². The SMILES string of the molecule is CCS(=O)(=O)CCNC(=O)c1cnccc1NN. The van der Waals surface area contributed by atoms with E-state index in [9.17, 15) is 13.2 Å². The van der Waals surface area contributed by atoms with E-state index in [0.717, 1.165) is 0 Å². The van der Waals surface area contributed by atoms with Crippen LogP contribution in [0.4, 0.5) is 5.69 Å². The molecule has 1 amide bonds. The van der Waals surface area contributed by atoms with E-state index in [-0.39, 0.29) is 23.6 Å². The third-order valence-electron chi connectivity index (χ3n) is 2.36. The summed E-state index contributed by atoms with van der Waals surface area (Å²) in [6.07, 6.45) is 2.85. The molecule has 0 saturated carbocycles. The number of nitrogens with two attached hydrogens (primary N) is 1. The maximum atomic E-state index is 11.8. The van der Waals surface area contributed by atoms with E-state index < -0.39 is 15.7 Å². The summed E-state index contributed by atoms with van der Waals surface area (Å²) in [4.78, 5) is 15.6. The van der Waals surface area contributed by atoms with Crippen molar-refractivity contribution in [2.45, 2.75) is 6.92 Å². The van der Waals surface area contributed by atoms with Crippen LogP contribution in [0, 0.1) is 0 Å². The van der Waals surface area contributed by atoms with Crippen LogP contribution in [0.1, 0.15) is 17.3 Å². The highest BCUT2D eigenvalue weighted by atomic mass is 32.2. The lowest BCUT2D eigenvalue weighted by atomic mass is 10.2. The molecule has 100 valence electrons. The quantitative estimate of drug-likeness (QED) is 0.476. The number of nitrogens with zero attached hydrogens (tertiary/aromatic N) is 1. The van der Waals surface area contributed by atoms with Gasteiger partial charge in [0.15, 0.2) is 9.84 Å². The van der Waals surface area contributed by atoms with Crippen LogP contribution in [0.2, 0.25) is 0 Å². The van der Waals surface area contributed by atoms with Gasteiger partial charge in [-0.3, -0.25) is 15.6 Å². The molecule has 18 heavy (non-hydrogen) atoms. The first-order valence-corrected chi connectivity index (χ1v) is 7.21. The largest absolute Gasteiger partial charge is 0.351 e. The Morgan fingerprint density at radius 3 is 2.83 bits per heavy atom. The highest BCUT2D eigenvalue weighted by molar-refractivity contribution is 7.91. The van der Waals surface area contributed by atoms with Crippen molar-refractivity contribution in [1.29, 1.82) is 0 Å². The zero-order valence-corrected chi connectivity index (χ0v) is 10.8. The van der Waals surface area contributed by atoms with Crippen molar-refractivity contribution in [3.8, 4) is 0 Å². The smallest absolute Gasteiger partial charge is 0.255 e. The molecule has 1 aromatic rings. The minimum atomic E-state index is -3.08. The van der Waals surface area contributed by atoms with Gasteiger partial charge in [-0.05, 0) is 6.07 Å². The van der Waals surface area contributed by atoms with E-state index in [0.29, 0.717) is 5.69 Å². The van der Waals surface area contributed by atoms with Gasteiger partial charge in [0, 0.05) is 24.7 Å². The van der Waals surface area contributed by atoms with Crippen molar-refractivity contribution >= 4 is 21.4 Å². The first-order valence-electron chi connectivity index (χ1n) is 5.39. The number of aromatic nitrogens is 1. The van der Waals surface area contributed by atoms with Crippen molar-refractivity contribution in [3.05, 3.63) is 24.0 Å². The molecule has 0 aromatic carbocycles. The molecule has 1 aromatic heterocycles. The van der Waals surface area contributed by atoms with Crippen LogP contribution in [0.15, 0.2) is 18.5 Å². The van der Waals surface area contributed by atoms with E-state index in [1.807, 2.05) is 0 Å². The number of carbonyl (C=O) groups is 1. The standard InChI is InChI=1S/C10H16N4O3S/c1-2-18(16,17)6-5-13-10(15)8-7-12-4-3-9(8)14-11/h3-4,7H,2,5-6,11H2,1H3,(H,12,14)(H,13,15). The number of carbonyl (C=O) groups excluding carboxylic acids is 1. The average Bonchev–Trinajstić information content (AvgIpc) is 2.38. The Morgan fingerprint density at radius 1 is 1.50 bits per heavy atom. The summed E-state index contributed by atoms with van der Waals surface area (Å²) in [5, 5.41) is 2.51. The van der Waals surface area contributed by atoms with Crippen LogP contribution in [0.3, 0.4) is 0 Å². The van der Waals surface area contributed by atoms with Crippen LogP contribution in [0.5, 0.6) is 0 Å². The summed E-state index contributed by atoms with van der Waals surface area (Å²) in [6.45, 7) is 1.63. The predicted octanol–water partition coefficient (Wildman–Crippen LogP) is -0.468. The number of amides is 1. The third-order valence-corrected chi connectivity index (χ3v) is 4.07. The van der Waals surface area contributed by atoms with Crippen molar-refractivity contribution in [3.63, 3.8) is 0 Å². The first kappa shape index (κ1) is 14.4. The Morgan fingerprint density at radius 2 is 2.22 bits per heavy atom. The Hall–Kier alpha value is -1.67. The van der Waals surface area contributed by atoms with Gasteiger partial charge < -0.3 is 10.7 Å². The molecule has 0 aliphatic heterocycles. The second kappa shape index (κ2) is 6.31. The molecule has 1 heterocycles. The summed E-state index contributed by atoms with van der Waals surface area (Å²) in [5.41, 5.74) is 3.08. The minimum absolute atomic E-state index is 0.0609.